The van der Waals surface area contributed by atoms with Crippen molar-refractivity contribution in [3.05, 3.63) is 64.2 Å². The summed E-state index contributed by atoms with van der Waals surface area (Å²) >= 11 is 6.64. The van der Waals surface area contributed by atoms with Crippen LogP contribution in [0.5, 0.6) is 0 Å². The number of primary amides is 1. The number of hydrogen-bond acceptors (Lipinski definition) is 4. The molecule has 3 aromatic rings. The van der Waals surface area contributed by atoms with E-state index in [0.29, 0.717) is 40.4 Å². The molecule has 1 atom stereocenters. The molecule has 2 aromatic carbocycles. The molecule has 0 spiro atoms. The van der Waals surface area contributed by atoms with Crippen LogP contribution in [0.1, 0.15) is 33.2 Å². The van der Waals surface area contributed by atoms with Gasteiger partial charge in [0, 0.05) is 47.8 Å². The van der Waals surface area contributed by atoms with Crippen LogP contribution in [0.4, 0.5) is 4.79 Å². The lowest BCUT2D eigenvalue weighted by Crippen LogP contribution is -2.55. The number of aromatic nitrogens is 1. The Bertz CT molecular complexity index is 1280. The van der Waals surface area contributed by atoms with E-state index >= 15 is 0 Å². The molecule has 9 heteroatoms. The fourth-order valence-electron chi connectivity index (χ4n) is 4.14. The number of hydrogen-bond donors (Lipinski definition) is 2. The molecule has 170 valence electrons. The minimum atomic E-state index is -0.981. The number of rotatable bonds is 3. The largest absolute Gasteiger partial charge is 0.465 e. The number of carbonyl (C=O) groups is 3. The number of benzene rings is 2. The minimum Gasteiger partial charge on any atom is -0.465 e. The van der Waals surface area contributed by atoms with Gasteiger partial charge in [-0.2, -0.15) is 0 Å². The van der Waals surface area contributed by atoms with Crippen molar-refractivity contribution >= 4 is 40.4 Å². The van der Waals surface area contributed by atoms with Gasteiger partial charge >= 0.3 is 6.09 Å². The van der Waals surface area contributed by atoms with Gasteiger partial charge < -0.3 is 20.6 Å². The van der Waals surface area contributed by atoms with E-state index in [9.17, 15) is 19.5 Å². The second kappa shape index (κ2) is 8.71. The van der Waals surface area contributed by atoms with E-state index in [4.69, 9.17) is 22.3 Å². The molecule has 0 saturated carbocycles. The molecule has 3 N–H and O–H groups in total. The normalized spacial score (nSPS) is 16.2. The number of amides is 3. The van der Waals surface area contributed by atoms with E-state index in [1.54, 1.807) is 54.3 Å². The monoisotopic (exact) mass is 466 g/mol. The Morgan fingerprint density at radius 2 is 1.76 bits per heavy atom. The summed E-state index contributed by atoms with van der Waals surface area (Å²) in [6.07, 6.45) is -0.981. The number of nitrogens with two attached hydrogens (primary N) is 1. The van der Waals surface area contributed by atoms with Crippen molar-refractivity contribution in [1.82, 2.24) is 14.8 Å². The third-order valence-electron chi connectivity index (χ3n) is 6.00. The Hall–Kier alpha value is -3.65. The maximum atomic E-state index is 13.1. The molecule has 2 heterocycles. The van der Waals surface area contributed by atoms with Gasteiger partial charge in [0.2, 0.25) is 5.91 Å². The summed E-state index contributed by atoms with van der Waals surface area (Å²) in [5.74, 6) is -0.691. The molecule has 1 unspecified atom stereocenters. The summed E-state index contributed by atoms with van der Waals surface area (Å²) < 4.78 is 0. The average Bonchev–Trinajstić information content (AvgIpc) is 2.80. The van der Waals surface area contributed by atoms with Gasteiger partial charge in [-0.1, -0.05) is 29.8 Å². The highest BCUT2D eigenvalue weighted by molar-refractivity contribution is 6.36. The first-order valence-electron chi connectivity index (χ1n) is 10.5. The molecule has 8 nitrogen and oxygen atoms in total. The first-order chi connectivity index (χ1) is 15.7. The van der Waals surface area contributed by atoms with E-state index in [-0.39, 0.29) is 18.5 Å². The van der Waals surface area contributed by atoms with Crippen LogP contribution in [-0.2, 0) is 0 Å². The lowest BCUT2D eigenvalue weighted by atomic mass is 10.0. The van der Waals surface area contributed by atoms with Crippen molar-refractivity contribution in [2.45, 2.75) is 19.9 Å². The maximum absolute atomic E-state index is 13.1. The Morgan fingerprint density at radius 1 is 1.09 bits per heavy atom. The van der Waals surface area contributed by atoms with Crippen LogP contribution in [0, 0.1) is 6.92 Å². The van der Waals surface area contributed by atoms with Crippen molar-refractivity contribution in [3.8, 4) is 11.3 Å². The van der Waals surface area contributed by atoms with Gasteiger partial charge in [0.05, 0.1) is 16.2 Å². The molecule has 33 heavy (non-hydrogen) atoms. The Morgan fingerprint density at radius 3 is 2.36 bits per heavy atom. The van der Waals surface area contributed by atoms with Crippen LogP contribution in [0.2, 0.25) is 5.02 Å². The Balaban J connectivity index is 1.68. The quantitative estimate of drug-likeness (QED) is 0.609. The zero-order valence-electron chi connectivity index (χ0n) is 18.2. The van der Waals surface area contributed by atoms with E-state index in [1.165, 1.54) is 4.90 Å². The highest BCUT2D eigenvalue weighted by Gasteiger charge is 2.30. The summed E-state index contributed by atoms with van der Waals surface area (Å²) in [7, 11) is 0. The Labute approximate surface area is 195 Å². The fourth-order valence-corrected chi connectivity index (χ4v) is 4.38. The van der Waals surface area contributed by atoms with Gasteiger partial charge in [0.25, 0.3) is 5.91 Å². The molecule has 0 radical (unpaired) electrons. The molecule has 1 fully saturated rings. The molecule has 3 amide bonds. The van der Waals surface area contributed by atoms with Crippen molar-refractivity contribution in [2.24, 2.45) is 5.73 Å². The third kappa shape index (κ3) is 4.21. The number of pyridine rings is 1. The molecule has 1 aromatic heterocycles. The number of halogens is 1. The van der Waals surface area contributed by atoms with Crippen molar-refractivity contribution in [3.63, 3.8) is 0 Å². The van der Waals surface area contributed by atoms with Crippen LogP contribution in [0.3, 0.4) is 0 Å². The summed E-state index contributed by atoms with van der Waals surface area (Å²) in [6, 6.07) is 11.7. The second-order valence-corrected chi connectivity index (χ2v) is 8.53. The summed E-state index contributed by atoms with van der Waals surface area (Å²) in [5.41, 5.74) is 8.96. The first kappa shape index (κ1) is 22.5. The van der Waals surface area contributed by atoms with Crippen molar-refractivity contribution in [2.75, 3.05) is 19.6 Å². The molecule has 4 rings (SSSR count). The second-order valence-electron chi connectivity index (χ2n) is 8.15. The standard InChI is InChI=1S/C24H23ClN4O4/c1-13-12-28(9-10-29(13)24(32)33)23(31)17-7-8-18-19(11-17)27-21(14(2)20(18)25)15-3-5-16(6-4-15)22(26)30/h3-8,11,13H,9-10,12H2,1-2H3,(H2,26,30)(H,32,33). The number of carboxylic acid groups (broad SMARTS) is 1. The Kier molecular flexibility index (Phi) is 5.95. The van der Waals surface area contributed by atoms with Gasteiger partial charge in [-0.15, -0.1) is 0 Å². The molecule has 0 aliphatic carbocycles. The predicted molar refractivity (Wildman–Crippen MR) is 126 cm³/mol. The smallest absolute Gasteiger partial charge is 0.407 e. The molecule has 1 aliphatic rings. The summed E-state index contributed by atoms with van der Waals surface area (Å²) in [5, 5.41) is 10.5. The zero-order chi connectivity index (χ0) is 23.9. The van der Waals surface area contributed by atoms with Crippen LogP contribution < -0.4 is 5.73 Å². The SMILES string of the molecule is Cc1c(-c2ccc(C(N)=O)cc2)nc2cc(C(=O)N3CCN(C(=O)O)C(C)C3)ccc2c1Cl. The lowest BCUT2D eigenvalue weighted by Gasteiger charge is -2.38. The average molecular weight is 467 g/mol. The fraction of sp³-hybridized carbons (Fsp3) is 0.250. The van der Waals surface area contributed by atoms with Crippen molar-refractivity contribution in [1.29, 1.82) is 0 Å². The number of piperazine rings is 1. The number of carbonyl (C=O) groups excluding carboxylic acids is 2. The summed E-state index contributed by atoms with van der Waals surface area (Å²) in [4.78, 5) is 43.5. The van der Waals surface area contributed by atoms with Crippen molar-refractivity contribution < 1.29 is 19.5 Å². The highest BCUT2D eigenvalue weighted by atomic mass is 35.5. The summed E-state index contributed by atoms with van der Waals surface area (Å²) in [6.45, 7) is 4.57. The number of fused-ring (bicyclic) bond motifs is 1. The van der Waals surface area contributed by atoms with Crippen LogP contribution in [0.25, 0.3) is 22.2 Å². The van der Waals surface area contributed by atoms with E-state index < -0.39 is 12.0 Å². The lowest BCUT2D eigenvalue weighted by molar-refractivity contribution is 0.0507. The van der Waals surface area contributed by atoms with Gasteiger partial charge in [0.15, 0.2) is 0 Å². The third-order valence-corrected chi connectivity index (χ3v) is 6.49. The van der Waals surface area contributed by atoms with E-state index in [1.807, 2.05) is 6.92 Å². The molecule has 0 bridgehead atoms. The zero-order valence-corrected chi connectivity index (χ0v) is 19.0. The molecular weight excluding hydrogens is 444 g/mol. The van der Waals surface area contributed by atoms with Gasteiger partial charge in [0.1, 0.15) is 0 Å². The molecule has 1 aliphatic heterocycles. The van der Waals surface area contributed by atoms with Gasteiger partial charge in [-0.3, -0.25) is 9.59 Å². The highest BCUT2D eigenvalue weighted by Crippen LogP contribution is 2.33. The maximum Gasteiger partial charge on any atom is 0.407 e. The topological polar surface area (TPSA) is 117 Å². The van der Waals surface area contributed by atoms with Crippen LogP contribution in [-0.4, -0.2) is 63.5 Å². The van der Waals surface area contributed by atoms with Crippen LogP contribution in [0.15, 0.2) is 42.5 Å². The van der Waals surface area contributed by atoms with Gasteiger partial charge in [-0.25, -0.2) is 9.78 Å². The predicted octanol–water partition coefficient (Wildman–Crippen LogP) is 3.79. The first-order valence-corrected chi connectivity index (χ1v) is 10.8. The molecular formula is C24H23ClN4O4. The van der Waals surface area contributed by atoms with E-state index in [2.05, 4.69) is 0 Å². The van der Waals surface area contributed by atoms with Gasteiger partial charge in [-0.05, 0) is 43.7 Å². The van der Waals surface area contributed by atoms with Crippen LogP contribution >= 0.6 is 11.6 Å². The van der Waals surface area contributed by atoms with E-state index in [0.717, 1.165) is 16.5 Å². The number of nitrogens with zero attached hydrogens (tertiary/aromatic N) is 3. The minimum absolute atomic E-state index is 0.181. The molecule has 1 saturated heterocycles.